The summed E-state index contributed by atoms with van der Waals surface area (Å²) in [7, 11) is 0. The number of rotatable bonds is 4. The Bertz CT molecular complexity index is 1260. The monoisotopic (exact) mass is 413 g/mol. The molecule has 1 unspecified atom stereocenters. The summed E-state index contributed by atoms with van der Waals surface area (Å²) in [4.78, 5) is 18.1. The second kappa shape index (κ2) is 7.95. The van der Waals surface area contributed by atoms with Gasteiger partial charge in [-0.1, -0.05) is 35.9 Å². The molecule has 0 aliphatic heterocycles. The minimum atomic E-state index is -0.662. The number of esters is 1. The fourth-order valence-corrected chi connectivity index (χ4v) is 4.09. The maximum absolute atomic E-state index is 13.3. The van der Waals surface area contributed by atoms with Crippen LogP contribution < -0.4 is 0 Å². The second-order valence-corrected chi connectivity index (χ2v) is 8.00. The fourth-order valence-electron chi connectivity index (χ4n) is 4.09. The van der Waals surface area contributed by atoms with E-state index in [-0.39, 0.29) is 11.9 Å². The van der Waals surface area contributed by atoms with E-state index >= 15 is 0 Å². The van der Waals surface area contributed by atoms with Crippen molar-refractivity contribution in [2.45, 2.75) is 45.6 Å². The first kappa shape index (κ1) is 19.4. The molecule has 0 saturated heterocycles. The number of aryl methyl sites for hydroxylation is 2. The molecule has 0 saturated carbocycles. The zero-order valence-corrected chi connectivity index (χ0v) is 17.6. The highest BCUT2D eigenvalue weighted by Crippen LogP contribution is 2.31. The first-order valence-corrected chi connectivity index (χ1v) is 10.6. The molecule has 1 atom stereocenters. The van der Waals surface area contributed by atoms with E-state index in [4.69, 9.17) is 14.1 Å². The topological polar surface area (TPSA) is 78.1 Å². The van der Waals surface area contributed by atoms with E-state index in [2.05, 4.69) is 10.2 Å². The number of ether oxygens (including phenoxy) is 1. The SMILES string of the molecule is Cc1ccc(-c2nnc(C(C)OC(=O)c3c4c(nc5ccccc35)CCCC4)o2)cc1. The van der Waals surface area contributed by atoms with Crippen molar-refractivity contribution >= 4 is 16.9 Å². The van der Waals surface area contributed by atoms with Gasteiger partial charge in [0.2, 0.25) is 5.89 Å². The van der Waals surface area contributed by atoms with Crippen molar-refractivity contribution in [2.24, 2.45) is 0 Å². The molecule has 0 N–H and O–H groups in total. The van der Waals surface area contributed by atoms with Crippen molar-refractivity contribution < 1.29 is 13.9 Å². The fraction of sp³-hybridized carbons (Fsp3) is 0.280. The molecule has 0 amide bonds. The lowest BCUT2D eigenvalue weighted by Gasteiger charge is -2.20. The molecule has 1 aliphatic carbocycles. The van der Waals surface area contributed by atoms with E-state index < -0.39 is 6.10 Å². The van der Waals surface area contributed by atoms with E-state index in [0.29, 0.717) is 11.5 Å². The van der Waals surface area contributed by atoms with Crippen LogP contribution in [0.5, 0.6) is 0 Å². The predicted molar refractivity (Wildman–Crippen MR) is 117 cm³/mol. The van der Waals surface area contributed by atoms with Gasteiger partial charge in [0.25, 0.3) is 5.89 Å². The number of nitrogens with zero attached hydrogens (tertiary/aromatic N) is 3. The van der Waals surface area contributed by atoms with E-state index in [1.54, 1.807) is 6.92 Å². The number of benzene rings is 2. The van der Waals surface area contributed by atoms with E-state index in [1.807, 2.05) is 55.5 Å². The van der Waals surface area contributed by atoms with Crippen molar-refractivity contribution in [3.8, 4) is 11.5 Å². The third kappa shape index (κ3) is 3.69. The second-order valence-electron chi connectivity index (χ2n) is 8.00. The molecule has 6 nitrogen and oxygen atoms in total. The van der Waals surface area contributed by atoms with Gasteiger partial charge in [0.1, 0.15) is 0 Å². The van der Waals surface area contributed by atoms with Crippen molar-refractivity contribution in [1.82, 2.24) is 15.2 Å². The van der Waals surface area contributed by atoms with Gasteiger partial charge in [0.05, 0.1) is 11.1 Å². The van der Waals surface area contributed by atoms with Crippen LogP contribution >= 0.6 is 0 Å². The van der Waals surface area contributed by atoms with Crippen LogP contribution in [0.3, 0.4) is 0 Å². The van der Waals surface area contributed by atoms with Crippen molar-refractivity contribution in [2.75, 3.05) is 0 Å². The quantitative estimate of drug-likeness (QED) is 0.418. The van der Waals surface area contributed by atoms with Gasteiger partial charge in [-0.05, 0) is 63.3 Å². The zero-order chi connectivity index (χ0) is 21.4. The van der Waals surface area contributed by atoms with Crippen molar-refractivity contribution in [1.29, 1.82) is 0 Å². The molecule has 0 fully saturated rings. The third-order valence-corrected chi connectivity index (χ3v) is 5.74. The first-order chi connectivity index (χ1) is 15.1. The smallest absolute Gasteiger partial charge is 0.339 e. The minimum Gasteiger partial charge on any atom is -0.449 e. The number of hydrogen-bond acceptors (Lipinski definition) is 6. The Morgan fingerprint density at radius 2 is 1.81 bits per heavy atom. The highest BCUT2D eigenvalue weighted by atomic mass is 16.6. The summed E-state index contributed by atoms with van der Waals surface area (Å²) in [6.45, 7) is 3.77. The lowest BCUT2D eigenvalue weighted by molar-refractivity contribution is 0.0280. The van der Waals surface area contributed by atoms with Crippen molar-refractivity contribution in [3.05, 3.63) is 76.8 Å². The molecule has 1 aliphatic rings. The third-order valence-electron chi connectivity index (χ3n) is 5.74. The standard InChI is InChI=1S/C25H23N3O3/c1-15-11-13-17(14-12-15)24-28-27-23(31-24)16(2)30-25(29)22-18-7-3-5-9-20(18)26-21-10-6-4-8-19(21)22/h3,5,7,9,11-14,16H,4,6,8,10H2,1-2H3. The average Bonchev–Trinajstić information content (AvgIpc) is 3.28. The number of fused-ring (bicyclic) bond motifs is 2. The van der Waals surface area contributed by atoms with Crippen LogP contribution in [0.4, 0.5) is 0 Å². The van der Waals surface area contributed by atoms with E-state index in [9.17, 15) is 4.79 Å². The van der Waals surface area contributed by atoms with Crippen LogP contribution in [0.15, 0.2) is 52.9 Å². The number of para-hydroxylation sites is 1. The molecule has 2 aromatic heterocycles. The van der Waals surface area contributed by atoms with E-state index in [1.165, 1.54) is 0 Å². The van der Waals surface area contributed by atoms with Crippen LogP contribution in [-0.2, 0) is 17.6 Å². The Morgan fingerprint density at radius 3 is 2.65 bits per heavy atom. The minimum absolute atomic E-state index is 0.274. The first-order valence-electron chi connectivity index (χ1n) is 10.6. The van der Waals surface area contributed by atoms with Gasteiger partial charge >= 0.3 is 5.97 Å². The molecule has 4 aromatic rings. The molecule has 0 radical (unpaired) electrons. The molecule has 5 rings (SSSR count). The Balaban J connectivity index is 1.44. The van der Waals surface area contributed by atoms with Gasteiger partial charge in [-0.25, -0.2) is 4.79 Å². The lowest BCUT2D eigenvalue weighted by atomic mass is 9.90. The number of aromatic nitrogens is 3. The summed E-state index contributed by atoms with van der Waals surface area (Å²) in [6, 6.07) is 15.6. The maximum atomic E-state index is 13.3. The molecule has 6 heteroatoms. The summed E-state index contributed by atoms with van der Waals surface area (Å²) in [5, 5.41) is 9.05. The van der Waals surface area contributed by atoms with Gasteiger partial charge in [0, 0.05) is 16.6 Å². The normalized spacial score (nSPS) is 14.3. The van der Waals surface area contributed by atoms with Gasteiger partial charge in [-0.2, -0.15) is 0 Å². The molecule has 2 aromatic carbocycles. The van der Waals surface area contributed by atoms with Crippen LogP contribution in [0.1, 0.15) is 58.9 Å². The molecule has 0 spiro atoms. The van der Waals surface area contributed by atoms with Gasteiger partial charge in [0.15, 0.2) is 6.10 Å². The predicted octanol–water partition coefficient (Wildman–Crippen LogP) is 5.39. The van der Waals surface area contributed by atoms with Crippen LogP contribution in [0, 0.1) is 6.92 Å². The lowest BCUT2D eigenvalue weighted by Crippen LogP contribution is -2.17. The van der Waals surface area contributed by atoms with E-state index in [0.717, 1.165) is 59.0 Å². The Hall–Kier alpha value is -3.54. The summed E-state index contributed by atoms with van der Waals surface area (Å²) in [6.07, 6.45) is 3.20. The summed E-state index contributed by atoms with van der Waals surface area (Å²) < 4.78 is 11.6. The van der Waals surface area contributed by atoms with Crippen LogP contribution in [0.2, 0.25) is 0 Å². The molecule has 156 valence electrons. The Labute approximate surface area is 180 Å². The van der Waals surface area contributed by atoms with Crippen molar-refractivity contribution in [3.63, 3.8) is 0 Å². The van der Waals surface area contributed by atoms with Gasteiger partial charge in [-0.15, -0.1) is 10.2 Å². The van der Waals surface area contributed by atoms with Crippen LogP contribution in [-0.4, -0.2) is 21.2 Å². The maximum Gasteiger partial charge on any atom is 0.339 e. The summed E-state index contributed by atoms with van der Waals surface area (Å²) in [5.41, 5.74) is 5.43. The zero-order valence-electron chi connectivity index (χ0n) is 17.6. The molecule has 31 heavy (non-hydrogen) atoms. The highest BCUT2D eigenvalue weighted by Gasteiger charge is 2.26. The number of hydrogen-bond donors (Lipinski definition) is 0. The van der Waals surface area contributed by atoms with Crippen LogP contribution in [0.25, 0.3) is 22.4 Å². The largest absolute Gasteiger partial charge is 0.449 e. The molecule has 2 heterocycles. The summed E-state index contributed by atoms with van der Waals surface area (Å²) in [5.74, 6) is 0.306. The number of pyridine rings is 1. The average molecular weight is 413 g/mol. The van der Waals surface area contributed by atoms with Gasteiger partial charge < -0.3 is 9.15 Å². The molecular weight excluding hydrogens is 390 g/mol. The number of carbonyl (C=O) groups excluding carboxylic acids is 1. The molecular formula is C25H23N3O3. The highest BCUT2D eigenvalue weighted by molar-refractivity contribution is 6.05. The Morgan fingerprint density at radius 1 is 1.03 bits per heavy atom. The number of carbonyl (C=O) groups is 1. The summed E-state index contributed by atoms with van der Waals surface area (Å²) >= 11 is 0. The van der Waals surface area contributed by atoms with Gasteiger partial charge in [-0.3, -0.25) is 4.98 Å². The Kier molecular flexibility index (Phi) is 4.98. The molecule has 0 bridgehead atoms.